The molecule has 178 valence electrons. The lowest BCUT2D eigenvalue weighted by molar-refractivity contribution is -0.201. The molecular formula is C23H22N2O7S2. The topological polar surface area (TPSA) is 122 Å². The number of amides is 2. The molecule has 0 saturated carbocycles. The molecule has 0 bridgehead atoms. The largest absolute Gasteiger partial charge is 0.477 e. The highest BCUT2D eigenvalue weighted by atomic mass is 32.2. The number of fused-ring (bicyclic) bond motifs is 1. The van der Waals surface area contributed by atoms with Crippen molar-refractivity contribution in [3.8, 4) is 0 Å². The monoisotopic (exact) mass is 502 g/mol. The maximum atomic E-state index is 13.4. The minimum absolute atomic E-state index is 0.0448. The van der Waals surface area contributed by atoms with E-state index in [-0.39, 0.29) is 31.1 Å². The van der Waals surface area contributed by atoms with Gasteiger partial charge in [-0.05, 0) is 17.0 Å². The van der Waals surface area contributed by atoms with E-state index in [4.69, 9.17) is 9.47 Å². The Kier molecular flexibility index (Phi) is 7.05. The van der Waals surface area contributed by atoms with Gasteiger partial charge in [0.1, 0.15) is 17.7 Å². The molecule has 2 aromatic rings. The molecule has 34 heavy (non-hydrogen) atoms. The van der Waals surface area contributed by atoms with Crippen LogP contribution in [0.25, 0.3) is 0 Å². The first-order valence-electron chi connectivity index (χ1n) is 10.4. The standard InChI is InChI=1S/C23H22N2O7S2/c1-14(26)31-12-16-13-34-22-23(21(30)25(22)19(16)20(28)29,32-11-15-6-3-2-4-7-15)24-18(27)10-17-8-5-9-33-17/h2-9,22H,10-13H2,1H3,(H,24,27)(H,28,29)/t22-,23+/m1/s1. The highest BCUT2D eigenvalue weighted by Gasteiger charge is 2.67. The number of benzene rings is 1. The van der Waals surface area contributed by atoms with Gasteiger partial charge in [-0.1, -0.05) is 36.4 Å². The number of rotatable bonds is 9. The van der Waals surface area contributed by atoms with Crippen LogP contribution in [-0.4, -0.2) is 57.2 Å². The van der Waals surface area contributed by atoms with Crippen molar-refractivity contribution in [1.29, 1.82) is 0 Å². The van der Waals surface area contributed by atoms with Gasteiger partial charge in [-0.3, -0.25) is 19.3 Å². The minimum atomic E-state index is -1.72. The number of hydrogen-bond donors (Lipinski definition) is 2. The van der Waals surface area contributed by atoms with Crippen LogP contribution in [0, 0.1) is 0 Å². The Hall–Kier alpha value is -3.15. The van der Waals surface area contributed by atoms with E-state index in [0.717, 1.165) is 15.3 Å². The predicted molar refractivity (Wildman–Crippen MR) is 125 cm³/mol. The number of nitrogens with zero attached hydrogens (tertiary/aromatic N) is 1. The van der Waals surface area contributed by atoms with Gasteiger partial charge in [0, 0.05) is 23.1 Å². The number of carboxylic acid groups (broad SMARTS) is 1. The van der Waals surface area contributed by atoms with Crippen molar-refractivity contribution >= 4 is 46.9 Å². The van der Waals surface area contributed by atoms with Gasteiger partial charge in [-0.2, -0.15) is 0 Å². The lowest BCUT2D eigenvalue weighted by Crippen LogP contribution is -2.81. The molecule has 4 rings (SSSR count). The van der Waals surface area contributed by atoms with E-state index in [1.165, 1.54) is 30.0 Å². The summed E-state index contributed by atoms with van der Waals surface area (Å²) in [5.74, 6) is -2.77. The van der Waals surface area contributed by atoms with Crippen molar-refractivity contribution < 1.29 is 33.8 Å². The number of ether oxygens (including phenoxy) is 2. The van der Waals surface area contributed by atoms with Crippen LogP contribution in [0.5, 0.6) is 0 Å². The van der Waals surface area contributed by atoms with Crippen molar-refractivity contribution in [2.24, 2.45) is 0 Å². The highest BCUT2D eigenvalue weighted by Crippen LogP contribution is 2.47. The van der Waals surface area contributed by atoms with Crippen LogP contribution in [0.1, 0.15) is 17.4 Å². The third kappa shape index (κ3) is 4.72. The molecule has 1 aromatic carbocycles. The van der Waals surface area contributed by atoms with Crippen LogP contribution in [0.15, 0.2) is 59.1 Å². The van der Waals surface area contributed by atoms with Crippen LogP contribution in [0.3, 0.4) is 0 Å². The van der Waals surface area contributed by atoms with E-state index < -0.39 is 34.9 Å². The van der Waals surface area contributed by atoms with Gasteiger partial charge in [0.05, 0.1) is 13.0 Å². The number of carbonyl (C=O) groups is 4. The molecule has 11 heteroatoms. The van der Waals surface area contributed by atoms with Crippen LogP contribution in [0.2, 0.25) is 0 Å². The van der Waals surface area contributed by atoms with Gasteiger partial charge in [-0.15, -0.1) is 23.1 Å². The number of carbonyl (C=O) groups excluding carboxylic acids is 3. The molecule has 9 nitrogen and oxygen atoms in total. The SMILES string of the molecule is CC(=O)OCC1=C(C(=O)O)N2C(=O)[C@](NC(=O)Cc3cccs3)(OCc3ccccc3)[C@H]2SC1. The average molecular weight is 503 g/mol. The van der Waals surface area contributed by atoms with Gasteiger partial charge in [0.2, 0.25) is 5.91 Å². The molecule has 1 saturated heterocycles. The summed E-state index contributed by atoms with van der Waals surface area (Å²) in [5, 5.41) is 13.6. The lowest BCUT2D eigenvalue weighted by Gasteiger charge is -2.56. The quantitative estimate of drug-likeness (QED) is 0.304. The van der Waals surface area contributed by atoms with E-state index in [1.54, 1.807) is 0 Å². The van der Waals surface area contributed by atoms with E-state index in [0.29, 0.717) is 5.57 Å². The fourth-order valence-corrected chi connectivity index (χ4v) is 5.86. The number of thiophene rings is 1. The minimum Gasteiger partial charge on any atom is -0.477 e. The second kappa shape index (κ2) is 10.00. The van der Waals surface area contributed by atoms with Gasteiger partial charge < -0.3 is 19.9 Å². The molecule has 3 heterocycles. The van der Waals surface area contributed by atoms with Crippen LogP contribution >= 0.6 is 23.1 Å². The van der Waals surface area contributed by atoms with Gasteiger partial charge in [0.25, 0.3) is 11.6 Å². The van der Waals surface area contributed by atoms with Crippen molar-refractivity contribution in [2.75, 3.05) is 12.4 Å². The molecule has 2 amide bonds. The van der Waals surface area contributed by atoms with E-state index >= 15 is 0 Å². The molecule has 2 N–H and O–H groups in total. The smallest absolute Gasteiger partial charge is 0.352 e. The number of hydrogen-bond acceptors (Lipinski definition) is 8. The molecule has 0 radical (unpaired) electrons. The number of aliphatic carboxylic acids is 1. The number of carboxylic acids is 1. The fraction of sp³-hybridized carbons (Fsp3) is 0.304. The van der Waals surface area contributed by atoms with E-state index in [9.17, 15) is 24.3 Å². The van der Waals surface area contributed by atoms with E-state index in [2.05, 4.69) is 5.32 Å². The molecular weight excluding hydrogens is 480 g/mol. The molecule has 2 aliphatic rings. The Bertz CT molecular complexity index is 1130. The zero-order chi connectivity index (χ0) is 24.3. The Morgan fingerprint density at radius 1 is 1.18 bits per heavy atom. The van der Waals surface area contributed by atoms with E-state index in [1.807, 2.05) is 47.8 Å². The Balaban J connectivity index is 1.61. The molecule has 1 fully saturated rings. The fourth-order valence-electron chi connectivity index (χ4n) is 3.77. The van der Waals surface area contributed by atoms with Crippen LogP contribution < -0.4 is 5.32 Å². The van der Waals surface area contributed by atoms with Crippen molar-refractivity contribution in [2.45, 2.75) is 31.1 Å². The maximum Gasteiger partial charge on any atom is 0.352 e. The van der Waals surface area contributed by atoms with Gasteiger partial charge >= 0.3 is 11.9 Å². The first kappa shape index (κ1) is 24.0. The molecule has 1 aromatic heterocycles. The van der Waals surface area contributed by atoms with Crippen LogP contribution in [0.4, 0.5) is 0 Å². The zero-order valence-corrected chi connectivity index (χ0v) is 19.8. The maximum absolute atomic E-state index is 13.4. The Labute approximate surface area is 203 Å². The summed E-state index contributed by atoms with van der Waals surface area (Å²) in [4.78, 5) is 51.5. The lowest BCUT2D eigenvalue weighted by atomic mass is 9.97. The summed E-state index contributed by atoms with van der Waals surface area (Å²) >= 11 is 2.67. The molecule has 0 unspecified atom stereocenters. The zero-order valence-electron chi connectivity index (χ0n) is 18.2. The second-order valence-electron chi connectivity index (χ2n) is 7.69. The summed E-state index contributed by atoms with van der Waals surface area (Å²) in [6, 6.07) is 12.8. The third-order valence-corrected chi connectivity index (χ3v) is 7.56. The molecule has 2 atom stereocenters. The Morgan fingerprint density at radius 2 is 1.94 bits per heavy atom. The predicted octanol–water partition coefficient (Wildman–Crippen LogP) is 2.14. The number of thioether (sulfide) groups is 1. The summed E-state index contributed by atoms with van der Waals surface area (Å²) < 4.78 is 11.0. The highest BCUT2D eigenvalue weighted by molar-refractivity contribution is 8.00. The number of nitrogens with one attached hydrogen (secondary N) is 1. The van der Waals surface area contributed by atoms with Gasteiger partial charge in [-0.25, -0.2) is 4.79 Å². The van der Waals surface area contributed by atoms with Crippen molar-refractivity contribution in [3.05, 3.63) is 69.6 Å². The van der Waals surface area contributed by atoms with Crippen LogP contribution in [-0.2, 0) is 41.7 Å². The summed E-state index contributed by atoms with van der Waals surface area (Å²) in [6.07, 6.45) is 0.0676. The number of β-lactam (4-membered cyclic amide) rings is 1. The summed E-state index contributed by atoms with van der Waals surface area (Å²) in [7, 11) is 0. The van der Waals surface area contributed by atoms with Gasteiger partial charge in [0.15, 0.2) is 0 Å². The number of esters is 1. The van der Waals surface area contributed by atoms with Crippen molar-refractivity contribution in [1.82, 2.24) is 10.2 Å². The Morgan fingerprint density at radius 3 is 2.59 bits per heavy atom. The second-order valence-corrected chi connectivity index (χ2v) is 9.79. The molecule has 0 aliphatic carbocycles. The molecule has 2 aliphatic heterocycles. The van der Waals surface area contributed by atoms with Crippen molar-refractivity contribution in [3.63, 3.8) is 0 Å². The summed E-state index contributed by atoms with van der Waals surface area (Å²) in [6.45, 7) is 1.03. The third-order valence-electron chi connectivity index (χ3n) is 5.31. The normalized spacial score (nSPS) is 21.5. The summed E-state index contributed by atoms with van der Waals surface area (Å²) in [5.41, 5.74) is -0.867. The first-order chi connectivity index (χ1) is 16.3. The average Bonchev–Trinajstić information content (AvgIpc) is 3.32. The molecule has 0 spiro atoms. The first-order valence-corrected chi connectivity index (χ1v) is 12.3.